The monoisotopic (exact) mass is 297 g/mol. The van der Waals surface area contributed by atoms with Crippen molar-refractivity contribution in [2.75, 3.05) is 11.1 Å². The maximum absolute atomic E-state index is 5.62. The minimum atomic E-state index is 0.657. The molecule has 5 heteroatoms. The van der Waals surface area contributed by atoms with Gasteiger partial charge in [0, 0.05) is 6.54 Å². The Morgan fingerprint density at radius 3 is 2.94 bits per heavy atom. The molecule has 3 N–H and O–H groups in total. The molecule has 0 aromatic carbocycles. The average molecular weight is 298 g/mol. The van der Waals surface area contributed by atoms with Gasteiger partial charge in [0.2, 0.25) is 0 Å². The van der Waals surface area contributed by atoms with Crippen molar-refractivity contribution in [3.63, 3.8) is 0 Å². The fraction of sp³-hybridized carbons (Fsp3) is 0.182. The molecule has 0 unspecified atom stereocenters. The van der Waals surface area contributed by atoms with Crippen LogP contribution in [0.25, 0.3) is 0 Å². The zero-order valence-corrected chi connectivity index (χ0v) is 11.2. The Hall–Kier alpha value is -1.07. The van der Waals surface area contributed by atoms with Crippen LogP contribution in [0.5, 0.6) is 0 Å². The number of halogens is 1. The number of nitrogens with one attached hydrogen (secondary N) is 1. The van der Waals surface area contributed by atoms with Crippen molar-refractivity contribution in [2.24, 2.45) is 0 Å². The van der Waals surface area contributed by atoms with E-state index in [-0.39, 0.29) is 0 Å². The molecular weight excluding hydrogens is 286 g/mol. The Kier molecular flexibility index (Phi) is 3.46. The fourth-order valence-corrected chi connectivity index (χ4v) is 2.69. The topological polar surface area (TPSA) is 50.9 Å². The normalized spacial score (nSPS) is 10.4. The minimum Gasteiger partial charge on any atom is -0.397 e. The van der Waals surface area contributed by atoms with E-state index < -0.39 is 0 Å². The van der Waals surface area contributed by atoms with Crippen LogP contribution in [-0.2, 0) is 6.54 Å². The van der Waals surface area contributed by atoms with Gasteiger partial charge in [0.05, 0.1) is 16.4 Å². The van der Waals surface area contributed by atoms with Gasteiger partial charge in [-0.1, -0.05) is 0 Å². The number of nitrogens with two attached hydrogens (primary N) is 1. The molecule has 0 saturated heterocycles. The smallest absolute Gasteiger partial charge is 0.140 e. The third kappa shape index (κ3) is 2.54. The van der Waals surface area contributed by atoms with Crippen molar-refractivity contribution >= 4 is 38.8 Å². The Morgan fingerprint density at radius 2 is 2.31 bits per heavy atom. The highest BCUT2D eigenvalue weighted by molar-refractivity contribution is 9.10. The highest BCUT2D eigenvalue weighted by atomic mass is 79.9. The summed E-state index contributed by atoms with van der Waals surface area (Å²) in [6, 6.07) is 1.84. The summed E-state index contributed by atoms with van der Waals surface area (Å²) in [5, 5.41) is 7.56. The second-order valence-electron chi connectivity index (χ2n) is 3.53. The van der Waals surface area contributed by atoms with Crippen LogP contribution in [0.2, 0.25) is 0 Å². The number of aromatic nitrogens is 1. The van der Waals surface area contributed by atoms with Gasteiger partial charge in [-0.25, -0.2) is 4.98 Å². The lowest BCUT2D eigenvalue weighted by atomic mass is 10.2. The summed E-state index contributed by atoms with van der Waals surface area (Å²) in [6.45, 7) is 2.89. The maximum atomic E-state index is 5.62. The number of hydrogen-bond donors (Lipinski definition) is 2. The molecule has 0 aliphatic carbocycles. The number of rotatable bonds is 3. The molecule has 2 aromatic heterocycles. The number of nitrogens with zero attached hydrogens (tertiary/aromatic N) is 1. The first-order chi connectivity index (χ1) is 7.66. The first-order valence-electron chi connectivity index (χ1n) is 4.83. The predicted octanol–water partition coefficient (Wildman–Crippen LogP) is 3.41. The van der Waals surface area contributed by atoms with Gasteiger partial charge in [-0.05, 0) is 50.8 Å². The first kappa shape index (κ1) is 11.4. The molecule has 0 radical (unpaired) electrons. The van der Waals surface area contributed by atoms with E-state index in [1.165, 1.54) is 11.1 Å². The van der Waals surface area contributed by atoms with E-state index in [0.717, 1.165) is 16.8 Å². The fourth-order valence-electron chi connectivity index (χ4n) is 1.33. The molecule has 0 aliphatic heterocycles. The summed E-state index contributed by atoms with van der Waals surface area (Å²) < 4.78 is 0.889. The van der Waals surface area contributed by atoms with E-state index in [1.54, 1.807) is 17.5 Å². The highest BCUT2D eigenvalue weighted by Crippen LogP contribution is 2.23. The van der Waals surface area contributed by atoms with Crippen molar-refractivity contribution in [3.05, 3.63) is 38.6 Å². The van der Waals surface area contributed by atoms with Crippen LogP contribution in [0, 0.1) is 6.92 Å². The van der Waals surface area contributed by atoms with Crippen LogP contribution in [0.4, 0.5) is 11.5 Å². The summed E-state index contributed by atoms with van der Waals surface area (Å²) in [5.74, 6) is 0.819. The number of nitrogen functional groups attached to an aromatic ring is 1. The molecule has 0 atom stereocenters. The Bertz CT molecular complexity index is 496. The molecule has 3 nitrogen and oxygen atoms in total. The lowest BCUT2D eigenvalue weighted by Gasteiger charge is -2.07. The zero-order valence-electron chi connectivity index (χ0n) is 8.83. The molecular formula is C11H12BrN3S. The van der Waals surface area contributed by atoms with E-state index in [2.05, 4.69) is 43.9 Å². The van der Waals surface area contributed by atoms with Crippen molar-refractivity contribution in [2.45, 2.75) is 13.5 Å². The molecule has 2 heterocycles. The van der Waals surface area contributed by atoms with Crippen molar-refractivity contribution < 1.29 is 0 Å². The van der Waals surface area contributed by atoms with Crippen LogP contribution < -0.4 is 11.1 Å². The van der Waals surface area contributed by atoms with Gasteiger partial charge in [0.25, 0.3) is 0 Å². The molecule has 0 aliphatic rings. The lowest BCUT2D eigenvalue weighted by molar-refractivity contribution is 1.10. The van der Waals surface area contributed by atoms with E-state index in [1.807, 2.05) is 6.07 Å². The van der Waals surface area contributed by atoms with Crippen LogP contribution in [0.1, 0.15) is 11.1 Å². The van der Waals surface area contributed by atoms with Gasteiger partial charge >= 0.3 is 0 Å². The van der Waals surface area contributed by atoms with E-state index in [9.17, 15) is 0 Å². The molecule has 0 fully saturated rings. The number of hydrogen-bond acceptors (Lipinski definition) is 4. The summed E-state index contributed by atoms with van der Waals surface area (Å²) >= 11 is 5.14. The molecule has 84 valence electrons. The number of pyridine rings is 1. The quantitative estimate of drug-likeness (QED) is 0.913. The predicted molar refractivity (Wildman–Crippen MR) is 72.7 cm³/mol. The minimum absolute atomic E-state index is 0.657. The van der Waals surface area contributed by atoms with Crippen LogP contribution in [-0.4, -0.2) is 4.98 Å². The summed E-state index contributed by atoms with van der Waals surface area (Å²) in [5.41, 5.74) is 8.89. The van der Waals surface area contributed by atoms with E-state index >= 15 is 0 Å². The highest BCUT2D eigenvalue weighted by Gasteiger charge is 2.03. The van der Waals surface area contributed by atoms with Crippen LogP contribution in [0.3, 0.4) is 0 Å². The third-order valence-corrected chi connectivity index (χ3v) is 3.78. The largest absolute Gasteiger partial charge is 0.397 e. The van der Waals surface area contributed by atoms with Gasteiger partial charge in [0.15, 0.2) is 0 Å². The van der Waals surface area contributed by atoms with Crippen LogP contribution >= 0.6 is 27.3 Å². The summed E-state index contributed by atoms with van der Waals surface area (Å²) in [4.78, 5) is 4.23. The average Bonchev–Trinajstić information content (AvgIpc) is 2.63. The number of anilines is 2. The van der Waals surface area contributed by atoms with Gasteiger partial charge in [-0.3, -0.25) is 0 Å². The van der Waals surface area contributed by atoms with Crippen molar-refractivity contribution in [3.8, 4) is 0 Å². The third-order valence-electron chi connectivity index (χ3n) is 2.27. The molecule has 16 heavy (non-hydrogen) atoms. The first-order valence-corrected chi connectivity index (χ1v) is 6.57. The van der Waals surface area contributed by atoms with E-state index in [4.69, 9.17) is 5.73 Å². The van der Waals surface area contributed by atoms with Gasteiger partial charge in [-0.15, -0.1) is 0 Å². The molecule has 0 saturated carbocycles. The SMILES string of the molecule is Cc1cscc1CNc1ncc(N)cc1Br. The summed E-state index contributed by atoms with van der Waals surface area (Å²) in [6.07, 6.45) is 1.65. The second kappa shape index (κ2) is 4.84. The molecule has 2 rings (SSSR count). The summed E-state index contributed by atoms with van der Waals surface area (Å²) in [7, 11) is 0. The van der Waals surface area contributed by atoms with Gasteiger partial charge < -0.3 is 11.1 Å². The van der Waals surface area contributed by atoms with Crippen molar-refractivity contribution in [1.82, 2.24) is 4.98 Å². The van der Waals surface area contributed by atoms with Crippen molar-refractivity contribution in [1.29, 1.82) is 0 Å². The van der Waals surface area contributed by atoms with Gasteiger partial charge in [-0.2, -0.15) is 11.3 Å². The zero-order chi connectivity index (χ0) is 11.5. The standard InChI is InChI=1S/C11H12BrN3S/c1-7-5-16-6-8(7)3-14-11-10(12)2-9(13)4-15-11/h2,4-6H,3,13H2,1H3,(H,14,15). The number of aryl methyl sites for hydroxylation is 1. The van der Waals surface area contributed by atoms with Crippen LogP contribution in [0.15, 0.2) is 27.5 Å². The Morgan fingerprint density at radius 1 is 1.50 bits per heavy atom. The molecule has 0 bridgehead atoms. The maximum Gasteiger partial charge on any atom is 0.140 e. The molecule has 2 aromatic rings. The Balaban J connectivity index is 2.08. The molecule has 0 amide bonds. The lowest BCUT2D eigenvalue weighted by Crippen LogP contribution is -2.02. The Labute approximate surface area is 107 Å². The van der Waals surface area contributed by atoms with E-state index in [0.29, 0.717) is 5.69 Å². The number of thiophene rings is 1. The van der Waals surface area contributed by atoms with Gasteiger partial charge in [0.1, 0.15) is 5.82 Å². The molecule has 0 spiro atoms. The second-order valence-corrected chi connectivity index (χ2v) is 5.13.